The van der Waals surface area contributed by atoms with Crippen molar-refractivity contribution in [1.82, 2.24) is 4.90 Å². The Bertz CT molecular complexity index is 241. The Morgan fingerprint density at radius 2 is 1.88 bits per heavy atom. The van der Waals surface area contributed by atoms with Crippen molar-refractivity contribution < 1.29 is 0 Å². The smallest absolute Gasteiger partial charge is 0.0332 e. The average Bonchev–Trinajstić information content (AvgIpc) is 2.76. The number of nitrogens with zero attached hydrogens (tertiary/aromatic N) is 1. The van der Waals surface area contributed by atoms with Crippen LogP contribution in [0.5, 0.6) is 0 Å². The van der Waals surface area contributed by atoms with E-state index in [1.54, 1.807) is 0 Å². The van der Waals surface area contributed by atoms with Gasteiger partial charge < -0.3 is 5.73 Å². The highest BCUT2D eigenvalue weighted by Crippen LogP contribution is 2.40. The van der Waals surface area contributed by atoms with Crippen LogP contribution in [0.25, 0.3) is 0 Å². The van der Waals surface area contributed by atoms with Crippen molar-refractivity contribution in [2.24, 2.45) is 23.5 Å². The van der Waals surface area contributed by atoms with Crippen molar-refractivity contribution in [2.75, 3.05) is 19.6 Å². The molecule has 1 saturated heterocycles. The minimum atomic E-state index is 0.357. The predicted molar refractivity (Wildman–Crippen MR) is 73.9 cm³/mol. The summed E-state index contributed by atoms with van der Waals surface area (Å²) in [5.41, 5.74) is 6.50. The lowest BCUT2D eigenvalue weighted by Crippen LogP contribution is -2.55. The molecule has 2 fully saturated rings. The second-order valence-corrected chi connectivity index (χ2v) is 6.85. The second-order valence-electron chi connectivity index (χ2n) is 6.85. The maximum absolute atomic E-state index is 6.14. The van der Waals surface area contributed by atoms with Gasteiger partial charge in [0.2, 0.25) is 0 Å². The molecule has 17 heavy (non-hydrogen) atoms. The average molecular weight is 238 g/mol. The van der Waals surface area contributed by atoms with Crippen LogP contribution in [0.15, 0.2) is 0 Å². The van der Waals surface area contributed by atoms with Crippen molar-refractivity contribution in [2.45, 2.75) is 58.4 Å². The molecule has 2 rings (SSSR count). The molecule has 2 aliphatic rings. The van der Waals surface area contributed by atoms with E-state index in [-0.39, 0.29) is 0 Å². The van der Waals surface area contributed by atoms with Crippen LogP contribution in [0.2, 0.25) is 0 Å². The van der Waals surface area contributed by atoms with Gasteiger partial charge in [0.15, 0.2) is 0 Å². The molecule has 0 aromatic rings. The topological polar surface area (TPSA) is 29.3 Å². The maximum atomic E-state index is 6.14. The first kappa shape index (κ1) is 13.4. The monoisotopic (exact) mass is 238 g/mol. The standard InChI is InChI=1S/C15H30N2/c1-12(2)14-4-7-15(11-16,8-5-14)17-9-6-13(3)10-17/h12-14H,4-11,16H2,1-3H3. The Hall–Kier alpha value is -0.0800. The molecular formula is C15H30N2. The minimum Gasteiger partial charge on any atom is -0.329 e. The fourth-order valence-corrected chi connectivity index (χ4v) is 3.86. The molecule has 0 radical (unpaired) electrons. The van der Waals surface area contributed by atoms with Crippen LogP contribution in [0.4, 0.5) is 0 Å². The Morgan fingerprint density at radius 3 is 2.29 bits per heavy atom. The molecule has 1 saturated carbocycles. The number of hydrogen-bond donors (Lipinski definition) is 1. The Labute approximate surface area is 107 Å². The number of hydrogen-bond acceptors (Lipinski definition) is 2. The number of nitrogens with two attached hydrogens (primary N) is 1. The van der Waals surface area contributed by atoms with Gasteiger partial charge in [0.05, 0.1) is 0 Å². The summed E-state index contributed by atoms with van der Waals surface area (Å²) >= 11 is 0. The zero-order valence-corrected chi connectivity index (χ0v) is 11.9. The highest BCUT2D eigenvalue weighted by atomic mass is 15.2. The van der Waals surface area contributed by atoms with Gasteiger partial charge in [-0.3, -0.25) is 4.90 Å². The molecule has 2 N–H and O–H groups in total. The Kier molecular flexibility index (Phi) is 4.14. The summed E-state index contributed by atoms with van der Waals surface area (Å²) in [6.45, 7) is 10.6. The number of rotatable bonds is 3. The van der Waals surface area contributed by atoms with E-state index < -0.39 is 0 Å². The molecule has 0 aromatic carbocycles. The molecule has 1 heterocycles. The fraction of sp³-hybridized carbons (Fsp3) is 1.00. The van der Waals surface area contributed by atoms with E-state index in [1.165, 1.54) is 45.2 Å². The van der Waals surface area contributed by atoms with Crippen LogP contribution in [0, 0.1) is 17.8 Å². The van der Waals surface area contributed by atoms with Gasteiger partial charge >= 0.3 is 0 Å². The van der Waals surface area contributed by atoms with Crippen LogP contribution < -0.4 is 5.73 Å². The third-order valence-electron chi connectivity index (χ3n) is 5.38. The summed E-state index contributed by atoms with van der Waals surface area (Å²) in [4.78, 5) is 2.72. The van der Waals surface area contributed by atoms with Crippen LogP contribution in [-0.2, 0) is 0 Å². The lowest BCUT2D eigenvalue weighted by molar-refractivity contribution is 0.0513. The normalized spacial score (nSPS) is 40.1. The van der Waals surface area contributed by atoms with Gasteiger partial charge in [-0.05, 0) is 56.4 Å². The second kappa shape index (κ2) is 5.27. The van der Waals surface area contributed by atoms with Gasteiger partial charge in [-0.2, -0.15) is 0 Å². The fourth-order valence-electron chi connectivity index (χ4n) is 3.86. The van der Waals surface area contributed by atoms with E-state index in [4.69, 9.17) is 5.73 Å². The van der Waals surface area contributed by atoms with Crippen molar-refractivity contribution in [3.05, 3.63) is 0 Å². The SMILES string of the molecule is CC1CCN(C2(CN)CCC(C(C)C)CC2)C1. The summed E-state index contributed by atoms with van der Waals surface area (Å²) in [7, 11) is 0. The van der Waals surface area contributed by atoms with Crippen LogP contribution in [-0.4, -0.2) is 30.1 Å². The van der Waals surface area contributed by atoms with Gasteiger partial charge in [0.25, 0.3) is 0 Å². The largest absolute Gasteiger partial charge is 0.329 e. The molecule has 0 spiro atoms. The van der Waals surface area contributed by atoms with E-state index in [1.807, 2.05) is 0 Å². The minimum absolute atomic E-state index is 0.357. The van der Waals surface area contributed by atoms with E-state index in [2.05, 4.69) is 25.7 Å². The van der Waals surface area contributed by atoms with Crippen molar-refractivity contribution >= 4 is 0 Å². The Balaban J connectivity index is 1.98. The van der Waals surface area contributed by atoms with Gasteiger partial charge in [-0.15, -0.1) is 0 Å². The molecule has 2 heteroatoms. The molecule has 2 nitrogen and oxygen atoms in total. The molecule has 1 unspecified atom stereocenters. The molecular weight excluding hydrogens is 208 g/mol. The predicted octanol–water partition coefficient (Wildman–Crippen LogP) is 2.87. The highest BCUT2D eigenvalue weighted by molar-refractivity contribution is 4.98. The van der Waals surface area contributed by atoms with Crippen molar-refractivity contribution in [3.8, 4) is 0 Å². The summed E-state index contributed by atoms with van der Waals surface area (Å²) in [5, 5.41) is 0. The zero-order chi connectivity index (χ0) is 12.5. The summed E-state index contributed by atoms with van der Waals surface area (Å²) in [6.07, 6.45) is 6.81. The first-order valence-electron chi connectivity index (χ1n) is 7.52. The summed E-state index contributed by atoms with van der Waals surface area (Å²) in [6, 6.07) is 0. The molecule has 0 amide bonds. The maximum Gasteiger partial charge on any atom is 0.0332 e. The zero-order valence-electron chi connectivity index (χ0n) is 11.9. The van der Waals surface area contributed by atoms with Gasteiger partial charge in [0.1, 0.15) is 0 Å². The summed E-state index contributed by atoms with van der Waals surface area (Å²) < 4.78 is 0. The van der Waals surface area contributed by atoms with Gasteiger partial charge in [-0.25, -0.2) is 0 Å². The van der Waals surface area contributed by atoms with Crippen LogP contribution in [0.1, 0.15) is 52.9 Å². The first-order chi connectivity index (χ1) is 8.07. The van der Waals surface area contributed by atoms with Crippen molar-refractivity contribution in [3.63, 3.8) is 0 Å². The molecule has 0 bridgehead atoms. The quantitative estimate of drug-likeness (QED) is 0.819. The van der Waals surface area contributed by atoms with Crippen LogP contribution >= 0.6 is 0 Å². The third-order valence-corrected chi connectivity index (χ3v) is 5.38. The van der Waals surface area contributed by atoms with E-state index in [0.717, 1.165) is 24.3 Å². The molecule has 1 atom stereocenters. The lowest BCUT2D eigenvalue weighted by atomic mass is 9.72. The Morgan fingerprint density at radius 1 is 1.24 bits per heavy atom. The molecule has 1 aliphatic heterocycles. The first-order valence-corrected chi connectivity index (χ1v) is 7.52. The molecule has 1 aliphatic carbocycles. The van der Waals surface area contributed by atoms with Crippen molar-refractivity contribution in [1.29, 1.82) is 0 Å². The molecule has 0 aromatic heterocycles. The summed E-state index contributed by atoms with van der Waals surface area (Å²) in [5.74, 6) is 2.67. The van der Waals surface area contributed by atoms with Gasteiger partial charge in [0, 0.05) is 18.6 Å². The third kappa shape index (κ3) is 2.68. The highest BCUT2D eigenvalue weighted by Gasteiger charge is 2.41. The van der Waals surface area contributed by atoms with E-state index >= 15 is 0 Å². The number of likely N-dealkylation sites (tertiary alicyclic amines) is 1. The lowest BCUT2D eigenvalue weighted by Gasteiger charge is -2.47. The van der Waals surface area contributed by atoms with Crippen LogP contribution in [0.3, 0.4) is 0 Å². The molecule has 100 valence electrons. The van der Waals surface area contributed by atoms with Gasteiger partial charge in [-0.1, -0.05) is 20.8 Å². The van der Waals surface area contributed by atoms with E-state index in [0.29, 0.717) is 5.54 Å². The van der Waals surface area contributed by atoms with E-state index in [9.17, 15) is 0 Å².